The molecular weight excluding hydrogens is 406 g/mol. The Balaban J connectivity index is 1.44. The smallest absolute Gasteiger partial charge is 0.186 e. The molecule has 0 amide bonds. The van der Waals surface area contributed by atoms with Crippen LogP contribution >= 0.6 is 11.3 Å². The highest BCUT2D eigenvalue weighted by atomic mass is 32.1. The van der Waals surface area contributed by atoms with Crippen molar-refractivity contribution in [1.29, 1.82) is 0 Å². The summed E-state index contributed by atoms with van der Waals surface area (Å²) in [6.45, 7) is 9.71. The predicted octanol–water partition coefficient (Wildman–Crippen LogP) is 4.85. The number of benzene rings is 1. The fraction of sp³-hybridized carbons (Fsp3) is 0.500. The number of anilines is 1. The van der Waals surface area contributed by atoms with Crippen LogP contribution in [0.2, 0.25) is 0 Å². The van der Waals surface area contributed by atoms with Crippen LogP contribution in [0.1, 0.15) is 46.2 Å². The van der Waals surface area contributed by atoms with Gasteiger partial charge in [-0.1, -0.05) is 17.4 Å². The zero-order valence-electron chi connectivity index (χ0n) is 19.2. The third-order valence-electron chi connectivity index (χ3n) is 6.33. The number of hydrogen-bond donors (Lipinski definition) is 1. The number of nitrogens with zero attached hydrogens (tertiary/aromatic N) is 4. The lowest BCUT2D eigenvalue weighted by molar-refractivity contribution is 0.161. The summed E-state index contributed by atoms with van der Waals surface area (Å²) in [6.07, 6.45) is 6.10. The summed E-state index contributed by atoms with van der Waals surface area (Å²) in [7, 11) is 4.13. The molecule has 5 rings (SSSR count). The van der Waals surface area contributed by atoms with Gasteiger partial charge in [-0.05, 0) is 58.2 Å². The Kier molecular flexibility index (Phi) is 4.68. The molecule has 164 valence electrons. The second kappa shape index (κ2) is 7.07. The minimum absolute atomic E-state index is 0.107. The van der Waals surface area contributed by atoms with E-state index in [0.717, 1.165) is 46.1 Å². The van der Waals surface area contributed by atoms with Crippen LogP contribution in [0.3, 0.4) is 0 Å². The molecule has 31 heavy (non-hydrogen) atoms. The molecule has 2 aliphatic heterocycles. The average Bonchev–Trinajstić information content (AvgIpc) is 3.30. The lowest BCUT2D eigenvalue weighted by atomic mass is 9.79. The highest BCUT2D eigenvalue weighted by Crippen LogP contribution is 2.45. The Morgan fingerprint density at radius 2 is 1.90 bits per heavy atom. The van der Waals surface area contributed by atoms with Gasteiger partial charge >= 0.3 is 0 Å². The first-order valence-corrected chi connectivity index (χ1v) is 11.7. The molecule has 2 aromatic heterocycles. The van der Waals surface area contributed by atoms with Crippen molar-refractivity contribution in [3.63, 3.8) is 0 Å². The third-order valence-corrected chi connectivity index (χ3v) is 7.55. The van der Waals surface area contributed by atoms with E-state index in [9.17, 15) is 0 Å². The molecule has 0 saturated carbocycles. The number of nitrogens with one attached hydrogen (secondary N) is 1. The molecule has 0 unspecified atom stereocenters. The van der Waals surface area contributed by atoms with Crippen molar-refractivity contribution in [2.45, 2.75) is 64.3 Å². The maximum atomic E-state index is 6.11. The zero-order chi connectivity index (χ0) is 22.0. The standard InChI is InChI=1S/C24H31N5OS/c1-23(2)10-17(11-24(3,4)27-23)29(6)22-26-19-14-30-20-9-15(16-12-25-28(5)13-16)7-8-18(20)21(19)31-22/h7-9,12-13,17,27H,10-11,14H2,1-6H3. The zero-order valence-corrected chi connectivity index (χ0v) is 20.0. The van der Waals surface area contributed by atoms with Crippen LogP contribution in [0, 0.1) is 0 Å². The normalized spacial score (nSPS) is 19.4. The molecule has 1 fully saturated rings. The molecule has 1 aromatic carbocycles. The molecule has 0 bridgehead atoms. The Morgan fingerprint density at radius 3 is 2.58 bits per heavy atom. The van der Waals surface area contributed by atoms with Crippen molar-refractivity contribution in [2.24, 2.45) is 7.05 Å². The molecule has 0 atom stereocenters. The summed E-state index contributed by atoms with van der Waals surface area (Å²) < 4.78 is 7.93. The summed E-state index contributed by atoms with van der Waals surface area (Å²) in [4.78, 5) is 8.61. The maximum absolute atomic E-state index is 6.11. The monoisotopic (exact) mass is 437 g/mol. The van der Waals surface area contributed by atoms with Crippen molar-refractivity contribution >= 4 is 16.5 Å². The number of fused-ring (bicyclic) bond motifs is 3. The van der Waals surface area contributed by atoms with Crippen LogP contribution in [0.15, 0.2) is 30.6 Å². The van der Waals surface area contributed by atoms with Crippen LogP contribution in [0.25, 0.3) is 21.6 Å². The van der Waals surface area contributed by atoms with Crippen molar-refractivity contribution in [1.82, 2.24) is 20.1 Å². The van der Waals surface area contributed by atoms with Gasteiger partial charge in [0.05, 0.1) is 16.8 Å². The summed E-state index contributed by atoms with van der Waals surface area (Å²) in [6, 6.07) is 6.88. The van der Waals surface area contributed by atoms with Gasteiger partial charge in [-0.3, -0.25) is 4.68 Å². The summed E-state index contributed by atoms with van der Waals surface area (Å²) in [5.41, 5.74) is 4.61. The fourth-order valence-electron chi connectivity index (χ4n) is 5.22. The highest BCUT2D eigenvalue weighted by Gasteiger charge is 2.40. The summed E-state index contributed by atoms with van der Waals surface area (Å²) in [5.74, 6) is 0.927. The Hall–Kier alpha value is -2.38. The van der Waals surface area contributed by atoms with Gasteiger partial charge in [-0.25, -0.2) is 4.98 Å². The van der Waals surface area contributed by atoms with Gasteiger partial charge in [0.2, 0.25) is 0 Å². The molecular formula is C24H31N5OS. The molecule has 7 heteroatoms. The van der Waals surface area contributed by atoms with Crippen molar-refractivity contribution < 1.29 is 4.74 Å². The first-order valence-electron chi connectivity index (χ1n) is 10.9. The van der Waals surface area contributed by atoms with E-state index in [2.05, 4.69) is 68.3 Å². The van der Waals surface area contributed by atoms with E-state index in [1.165, 1.54) is 4.88 Å². The average molecular weight is 438 g/mol. The fourth-order valence-corrected chi connectivity index (χ4v) is 6.35. The first-order chi connectivity index (χ1) is 14.6. The number of ether oxygens (including phenoxy) is 1. The third kappa shape index (κ3) is 3.85. The van der Waals surface area contributed by atoms with Crippen LogP contribution in [-0.4, -0.2) is 38.9 Å². The molecule has 2 aliphatic rings. The number of rotatable bonds is 3. The van der Waals surface area contributed by atoms with E-state index in [0.29, 0.717) is 12.6 Å². The largest absolute Gasteiger partial charge is 0.487 e. The summed E-state index contributed by atoms with van der Waals surface area (Å²) >= 11 is 1.78. The number of aromatic nitrogens is 3. The number of piperidine rings is 1. The van der Waals surface area contributed by atoms with Gasteiger partial charge in [-0.2, -0.15) is 5.10 Å². The first kappa shape index (κ1) is 20.5. The molecule has 1 N–H and O–H groups in total. The Bertz CT molecular complexity index is 1110. The van der Waals surface area contributed by atoms with Gasteiger partial charge < -0.3 is 15.0 Å². The molecule has 0 spiro atoms. The topological polar surface area (TPSA) is 55.2 Å². The lowest BCUT2D eigenvalue weighted by Crippen LogP contribution is -2.61. The van der Waals surface area contributed by atoms with E-state index in [4.69, 9.17) is 9.72 Å². The second-order valence-corrected chi connectivity index (χ2v) is 11.2. The van der Waals surface area contributed by atoms with Crippen LogP contribution in [0.5, 0.6) is 5.75 Å². The van der Waals surface area contributed by atoms with E-state index < -0.39 is 0 Å². The number of aryl methyl sites for hydroxylation is 1. The van der Waals surface area contributed by atoms with Crippen molar-refractivity contribution in [3.8, 4) is 27.3 Å². The van der Waals surface area contributed by atoms with Crippen LogP contribution in [0.4, 0.5) is 5.13 Å². The predicted molar refractivity (Wildman–Crippen MR) is 127 cm³/mol. The van der Waals surface area contributed by atoms with Crippen molar-refractivity contribution in [3.05, 3.63) is 36.3 Å². The van der Waals surface area contributed by atoms with E-state index in [1.54, 1.807) is 11.3 Å². The molecule has 1 saturated heterocycles. The maximum Gasteiger partial charge on any atom is 0.186 e. The minimum Gasteiger partial charge on any atom is -0.487 e. The van der Waals surface area contributed by atoms with Gasteiger partial charge in [0.1, 0.15) is 12.4 Å². The molecule has 0 aliphatic carbocycles. The Labute approximate surface area is 188 Å². The molecule has 0 radical (unpaired) electrons. The van der Waals surface area contributed by atoms with Gasteiger partial charge in [-0.15, -0.1) is 0 Å². The highest BCUT2D eigenvalue weighted by molar-refractivity contribution is 7.19. The van der Waals surface area contributed by atoms with Gasteiger partial charge in [0, 0.05) is 48.5 Å². The van der Waals surface area contributed by atoms with E-state index in [-0.39, 0.29) is 11.1 Å². The summed E-state index contributed by atoms with van der Waals surface area (Å²) in [5, 5.41) is 9.15. The number of hydrogen-bond acceptors (Lipinski definition) is 6. The van der Waals surface area contributed by atoms with Crippen LogP contribution in [-0.2, 0) is 13.7 Å². The van der Waals surface area contributed by atoms with Crippen LogP contribution < -0.4 is 15.0 Å². The molecule has 6 nitrogen and oxygen atoms in total. The van der Waals surface area contributed by atoms with Gasteiger partial charge in [0.25, 0.3) is 0 Å². The molecule has 3 aromatic rings. The SMILES string of the molecule is CN(c1nc2c(s1)-c1ccc(-c3cnn(C)c3)cc1OC2)C1CC(C)(C)NC(C)(C)C1. The number of thiazole rings is 1. The van der Waals surface area contributed by atoms with E-state index in [1.807, 2.05) is 24.1 Å². The second-order valence-electron chi connectivity index (χ2n) is 10.2. The quantitative estimate of drug-likeness (QED) is 0.635. The lowest BCUT2D eigenvalue weighted by Gasteiger charge is -2.48. The van der Waals surface area contributed by atoms with Gasteiger partial charge in [0.15, 0.2) is 5.13 Å². The van der Waals surface area contributed by atoms with Crippen molar-refractivity contribution in [2.75, 3.05) is 11.9 Å². The Morgan fingerprint density at radius 1 is 1.16 bits per heavy atom. The minimum atomic E-state index is 0.107. The molecule has 4 heterocycles. The van der Waals surface area contributed by atoms with E-state index >= 15 is 0 Å².